The van der Waals surface area contributed by atoms with E-state index in [0.717, 1.165) is 18.4 Å². The second kappa shape index (κ2) is 8.12. The fraction of sp³-hybridized carbons (Fsp3) is 0.400. The molecule has 5 heteroatoms. The van der Waals surface area contributed by atoms with Gasteiger partial charge in [-0.15, -0.1) is 0 Å². The molecular formula is C20H24N2O3. The van der Waals surface area contributed by atoms with Crippen molar-refractivity contribution in [1.29, 1.82) is 0 Å². The second-order valence-corrected chi connectivity index (χ2v) is 6.55. The number of piperidine rings is 1. The molecule has 0 bridgehead atoms. The van der Waals surface area contributed by atoms with Crippen molar-refractivity contribution in [2.45, 2.75) is 32.5 Å². The molecule has 1 N–H and O–H groups in total. The molecule has 2 heterocycles. The van der Waals surface area contributed by atoms with Crippen LogP contribution in [0.15, 0.2) is 48.8 Å². The summed E-state index contributed by atoms with van der Waals surface area (Å²) in [6, 6.07) is 11.1. The Morgan fingerprint density at radius 3 is 2.80 bits per heavy atom. The lowest BCUT2D eigenvalue weighted by Crippen LogP contribution is -2.40. The van der Waals surface area contributed by atoms with Gasteiger partial charge in [-0.3, -0.25) is 9.78 Å². The van der Waals surface area contributed by atoms with Crippen LogP contribution in [0, 0.1) is 5.92 Å². The molecular weight excluding hydrogens is 316 g/mol. The molecule has 0 radical (unpaired) electrons. The highest BCUT2D eigenvalue weighted by molar-refractivity contribution is 5.94. The number of benzene rings is 1. The zero-order valence-electron chi connectivity index (χ0n) is 14.5. The third-order valence-corrected chi connectivity index (χ3v) is 4.72. The first-order valence-electron chi connectivity index (χ1n) is 8.72. The Morgan fingerprint density at radius 2 is 2.12 bits per heavy atom. The lowest BCUT2D eigenvalue weighted by molar-refractivity contribution is 0.0521. The molecule has 0 aliphatic carbocycles. The minimum absolute atomic E-state index is 0.0240. The molecule has 0 spiro atoms. The van der Waals surface area contributed by atoms with Gasteiger partial charge in [-0.25, -0.2) is 0 Å². The Labute approximate surface area is 148 Å². The summed E-state index contributed by atoms with van der Waals surface area (Å²) >= 11 is 0. The zero-order chi connectivity index (χ0) is 17.6. The maximum atomic E-state index is 12.7. The van der Waals surface area contributed by atoms with Crippen molar-refractivity contribution in [2.75, 3.05) is 13.1 Å². The van der Waals surface area contributed by atoms with E-state index in [0.29, 0.717) is 31.0 Å². The Bertz CT molecular complexity index is 695. The molecule has 1 amide bonds. The predicted octanol–water partition coefficient (Wildman–Crippen LogP) is 2.89. The highest BCUT2D eigenvalue weighted by Crippen LogP contribution is 2.23. The topological polar surface area (TPSA) is 62.7 Å². The van der Waals surface area contributed by atoms with E-state index in [4.69, 9.17) is 4.74 Å². The number of rotatable bonds is 5. The predicted molar refractivity (Wildman–Crippen MR) is 95.3 cm³/mol. The Hall–Kier alpha value is -2.40. The van der Waals surface area contributed by atoms with Crippen LogP contribution in [-0.4, -0.2) is 40.1 Å². The first-order valence-corrected chi connectivity index (χ1v) is 8.72. The highest BCUT2D eigenvalue weighted by atomic mass is 16.5. The van der Waals surface area contributed by atoms with Crippen LogP contribution in [0.2, 0.25) is 0 Å². The van der Waals surface area contributed by atoms with Crippen LogP contribution in [0.4, 0.5) is 0 Å². The molecule has 1 aliphatic heterocycles. The Balaban J connectivity index is 1.60. The first-order chi connectivity index (χ1) is 12.1. The number of pyridine rings is 1. The molecule has 1 aromatic carbocycles. The number of hydrogen-bond donors (Lipinski definition) is 1. The van der Waals surface area contributed by atoms with E-state index in [2.05, 4.69) is 4.98 Å². The van der Waals surface area contributed by atoms with E-state index < -0.39 is 0 Å². The van der Waals surface area contributed by atoms with Gasteiger partial charge in [0, 0.05) is 36.6 Å². The van der Waals surface area contributed by atoms with E-state index in [1.54, 1.807) is 18.5 Å². The number of likely N-dealkylation sites (tertiary alicyclic amines) is 1. The number of aliphatic hydroxyl groups is 1. The Kier molecular flexibility index (Phi) is 5.66. The van der Waals surface area contributed by atoms with E-state index in [1.165, 1.54) is 0 Å². The van der Waals surface area contributed by atoms with Gasteiger partial charge in [0.25, 0.3) is 5.91 Å². The van der Waals surface area contributed by atoms with Crippen LogP contribution in [0.5, 0.6) is 5.75 Å². The van der Waals surface area contributed by atoms with Gasteiger partial charge in [0.05, 0.1) is 6.10 Å². The van der Waals surface area contributed by atoms with Crippen LogP contribution >= 0.6 is 0 Å². The summed E-state index contributed by atoms with van der Waals surface area (Å²) in [5.41, 5.74) is 1.62. The summed E-state index contributed by atoms with van der Waals surface area (Å²) in [6.07, 6.45) is 4.88. The van der Waals surface area contributed by atoms with Crippen LogP contribution in [0.25, 0.3) is 0 Å². The van der Waals surface area contributed by atoms with Crippen LogP contribution in [-0.2, 0) is 6.61 Å². The summed E-state index contributed by atoms with van der Waals surface area (Å²) in [7, 11) is 0. The zero-order valence-corrected chi connectivity index (χ0v) is 14.5. The molecule has 2 aromatic rings. The third kappa shape index (κ3) is 4.57. The normalized spacial score (nSPS) is 16.5. The van der Waals surface area contributed by atoms with E-state index >= 15 is 0 Å². The summed E-state index contributed by atoms with van der Waals surface area (Å²) < 4.78 is 5.77. The third-order valence-electron chi connectivity index (χ3n) is 4.72. The van der Waals surface area contributed by atoms with Crippen molar-refractivity contribution < 1.29 is 14.6 Å². The largest absolute Gasteiger partial charge is 0.489 e. The number of ether oxygens (including phenoxy) is 1. The summed E-state index contributed by atoms with van der Waals surface area (Å²) in [6.45, 7) is 3.63. The minimum atomic E-state index is -0.304. The molecule has 1 aromatic heterocycles. The molecule has 0 saturated carbocycles. The van der Waals surface area contributed by atoms with E-state index in [9.17, 15) is 9.90 Å². The van der Waals surface area contributed by atoms with E-state index in [-0.39, 0.29) is 17.9 Å². The van der Waals surface area contributed by atoms with Gasteiger partial charge in [-0.1, -0.05) is 12.1 Å². The van der Waals surface area contributed by atoms with Crippen molar-refractivity contribution in [1.82, 2.24) is 9.88 Å². The summed E-state index contributed by atoms with van der Waals surface area (Å²) in [4.78, 5) is 18.6. The van der Waals surface area contributed by atoms with Crippen molar-refractivity contribution in [3.05, 3.63) is 59.9 Å². The van der Waals surface area contributed by atoms with Gasteiger partial charge in [0.2, 0.25) is 0 Å². The summed E-state index contributed by atoms with van der Waals surface area (Å²) in [5.74, 6) is 0.989. The van der Waals surface area contributed by atoms with Gasteiger partial charge in [0.15, 0.2) is 0 Å². The molecule has 1 saturated heterocycles. The smallest absolute Gasteiger partial charge is 0.253 e. The van der Waals surface area contributed by atoms with Crippen molar-refractivity contribution >= 4 is 5.91 Å². The highest BCUT2D eigenvalue weighted by Gasteiger charge is 2.26. The number of carbonyl (C=O) groups is 1. The first kappa shape index (κ1) is 17.4. The lowest BCUT2D eigenvalue weighted by atomic mass is 9.92. The number of carbonyl (C=O) groups excluding carboxylic acids is 1. The monoisotopic (exact) mass is 340 g/mol. The minimum Gasteiger partial charge on any atom is -0.489 e. The SMILES string of the molecule is CC(O)C1CCN(C(=O)c2cccc(OCc3cccnc3)c2)CC1. The molecule has 1 aliphatic rings. The lowest BCUT2D eigenvalue weighted by Gasteiger charge is -2.33. The van der Waals surface area contributed by atoms with Crippen LogP contribution < -0.4 is 4.74 Å². The average molecular weight is 340 g/mol. The molecule has 1 atom stereocenters. The molecule has 132 valence electrons. The van der Waals surface area contributed by atoms with Gasteiger partial charge >= 0.3 is 0 Å². The maximum absolute atomic E-state index is 12.7. The Morgan fingerprint density at radius 1 is 1.32 bits per heavy atom. The van der Waals surface area contributed by atoms with Crippen molar-refractivity contribution in [2.24, 2.45) is 5.92 Å². The quantitative estimate of drug-likeness (QED) is 0.909. The molecule has 25 heavy (non-hydrogen) atoms. The summed E-state index contributed by atoms with van der Waals surface area (Å²) in [5, 5.41) is 9.68. The second-order valence-electron chi connectivity index (χ2n) is 6.55. The fourth-order valence-corrected chi connectivity index (χ4v) is 3.14. The molecule has 3 rings (SSSR count). The van der Waals surface area contributed by atoms with Gasteiger partial charge in [-0.2, -0.15) is 0 Å². The number of aliphatic hydroxyl groups excluding tert-OH is 1. The number of aromatic nitrogens is 1. The number of hydrogen-bond acceptors (Lipinski definition) is 4. The van der Waals surface area contributed by atoms with Gasteiger partial charge in [0.1, 0.15) is 12.4 Å². The fourth-order valence-electron chi connectivity index (χ4n) is 3.14. The van der Waals surface area contributed by atoms with Crippen molar-refractivity contribution in [3.63, 3.8) is 0 Å². The standard InChI is InChI=1S/C20H24N2O3/c1-15(23)17-7-10-22(11-8-17)20(24)18-5-2-6-19(12-18)25-14-16-4-3-9-21-13-16/h2-6,9,12-13,15,17,23H,7-8,10-11,14H2,1H3. The van der Waals surface area contributed by atoms with Gasteiger partial charge < -0.3 is 14.7 Å². The van der Waals surface area contributed by atoms with Gasteiger partial charge in [-0.05, 0) is 49.9 Å². The number of amides is 1. The maximum Gasteiger partial charge on any atom is 0.253 e. The van der Waals surface area contributed by atoms with Crippen molar-refractivity contribution in [3.8, 4) is 5.75 Å². The molecule has 1 unspecified atom stereocenters. The number of nitrogens with zero attached hydrogens (tertiary/aromatic N) is 2. The van der Waals surface area contributed by atoms with Crippen LogP contribution in [0.3, 0.4) is 0 Å². The molecule has 1 fully saturated rings. The average Bonchev–Trinajstić information content (AvgIpc) is 2.67. The molecule has 5 nitrogen and oxygen atoms in total. The van der Waals surface area contributed by atoms with E-state index in [1.807, 2.05) is 42.2 Å². The van der Waals surface area contributed by atoms with Crippen LogP contribution in [0.1, 0.15) is 35.7 Å².